The molecule has 0 aliphatic rings. The summed E-state index contributed by atoms with van der Waals surface area (Å²) in [6.07, 6.45) is -0.362. The van der Waals surface area contributed by atoms with Crippen LogP contribution >= 0.6 is 15.9 Å². The molecule has 5 heteroatoms. The van der Waals surface area contributed by atoms with Gasteiger partial charge in [-0.25, -0.2) is 0 Å². The molecular weight excluding hydrogens is 310 g/mol. The third kappa shape index (κ3) is 4.84. The number of nitrogens with one attached hydrogen (secondary N) is 1. The van der Waals surface area contributed by atoms with E-state index in [4.69, 9.17) is 4.74 Å². The number of hydrogen-bond acceptors (Lipinski definition) is 3. The average molecular weight is 330 g/mol. The topological polar surface area (TPSA) is 58.6 Å². The van der Waals surface area contributed by atoms with Crippen molar-refractivity contribution in [1.29, 1.82) is 0 Å². The standard InChI is InChI=1S/C14H20BrNO3/c1-4-7-16-14(18)10(3)19-13-6-5-11(15)8-12(13)9(2)17/h5-6,8-10,17H,4,7H2,1-3H3,(H,16,18)/t9-,10?/m1/s1. The van der Waals surface area contributed by atoms with E-state index >= 15 is 0 Å². The summed E-state index contributed by atoms with van der Waals surface area (Å²) in [5.41, 5.74) is 0.657. The lowest BCUT2D eigenvalue weighted by molar-refractivity contribution is -0.127. The summed E-state index contributed by atoms with van der Waals surface area (Å²) in [4.78, 5) is 11.7. The van der Waals surface area contributed by atoms with Gasteiger partial charge in [-0.1, -0.05) is 22.9 Å². The molecule has 19 heavy (non-hydrogen) atoms. The predicted octanol–water partition coefficient (Wildman–Crippen LogP) is 2.80. The van der Waals surface area contributed by atoms with Crippen LogP contribution in [0.15, 0.2) is 22.7 Å². The number of aliphatic hydroxyl groups is 1. The van der Waals surface area contributed by atoms with Gasteiger partial charge in [-0.15, -0.1) is 0 Å². The Morgan fingerprint density at radius 3 is 2.74 bits per heavy atom. The van der Waals surface area contributed by atoms with E-state index in [-0.39, 0.29) is 5.91 Å². The Balaban J connectivity index is 2.78. The molecule has 0 aliphatic carbocycles. The molecule has 2 atom stereocenters. The zero-order valence-electron chi connectivity index (χ0n) is 11.4. The molecular formula is C14H20BrNO3. The van der Waals surface area contributed by atoms with Crippen molar-refractivity contribution in [3.05, 3.63) is 28.2 Å². The maximum absolute atomic E-state index is 11.7. The molecule has 0 radical (unpaired) electrons. The summed E-state index contributed by atoms with van der Waals surface area (Å²) in [7, 11) is 0. The second kappa shape index (κ2) is 7.50. The number of carbonyl (C=O) groups excluding carboxylic acids is 1. The third-order valence-electron chi connectivity index (χ3n) is 2.64. The lowest BCUT2D eigenvalue weighted by atomic mass is 10.1. The molecule has 0 heterocycles. The van der Waals surface area contributed by atoms with E-state index in [1.807, 2.05) is 13.0 Å². The summed E-state index contributed by atoms with van der Waals surface area (Å²) < 4.78 is 6.49. The second-order valence-electron chi connectivity index (χ2n) is 4.41. The zero-order valence-corrected chi connectivity index (χ0v) is 13.0. The highest BCUT2D eigenvalue weighted by molar-refractivity contribution is 9.10. The first-order chi connectivity index (χ1) is 8.95. The molecule has 1 rings (SSSR count). The quantitative estimate of drug-likeness (QED) is 0.843. The van der Waals surface area contributed by atoms with Crippen molar-refractivity contribution in [2.24, 2.45) is 0 Å². The Morgan fingerprint density at radius 1 is 1.47 bits per heavy atom. The Kier molecular flexibility index (Phi) is 6.31. The maximum Gasteiger partial charge on any atom is 0.260 e. The van der Waals surface area contributed by atoms with Gasteiger partial charge in [0.1, 0.15) is 5.75 Å². The van der Waals surface area contributed by atoms with Crippen LogP contribution in [-0.2, 0) is 4.79 Å². The number of carbonyl (C=O) groups is 1. The second-order valence-corrected chi connectivity index (χ2v) is 5.32. The molecule has 0 saturated heterocycles. The summed E-state index contributed by atoms with van der Waals surface area (Å²) in [6, 6.07) is 5.35. The van der Waals surface area contributed by atoms with Gasteiger partial charge < -0.3 is 15.2 Å². The van der Waals surface area contributed by atoms with E-state index in [0.717, 1.165) is 10.9 Å². The summed E-state index contributed by atoms with van der Waals surface area (Å²) in [5.74, 6) is 0.374. The van der Waals surface area contributed by atoms with Gasteiger partial charge in [0.05, 0.1) is 6.10 Å². The van der Waals surface area contributed by atoms with E-state index in [0.29, 0.717) is 17.9 Å². The average Bonchev–Trinajstić information content (AvgIpc) is 2.37. The number of halogens is 1. The van der Waals surface area contributed by atoms with Crippen LogP contribution in [0.2, 0.25) is 0 Å². The van der Waals surface area contributed by atoms with Crippen LogP contribution in [0.1, 0.15) is 38.9 Å². The van der Waals surface area contributed by atoms with Gasteiger partial charge in [0.25, 0.3) is 5.91 Å². The van der Waals surface area contributed by atoms with Crippen LogP contribution in [0.5, 0.6) is 5.75 Å². The van der Waals surface area contributed by atoms with Gasteiger partial charge in [0, 0.05) is 16.6 Å². The van der Waals surface area contributed by atoms with Crippen LogP contribution < -0.4 is 10.1 Å². The van der Waals surface area contributed by atoms with Gasteiger partial charge in [-0.2, -0.15) is 0 Å². The molecule has 1 unspecified atom stereocenters. The maximum atomic E-state index is 11.7. The highest BCUT2D eigenvalue weighted by Crippen LogP contribution is 2.29. The number of rotatable bonds is 6. The summed E-state index contributed by atoms with van der Waals surface area (Å²) >= 11 is 3.35. The van der Waals surface area contributed by atoms with Crippen molar-refractivity contribution in [3.8, 4) is 5.75 Å². The van der Waals surface area contributed by atoms with Crippen molar-refractivity contribution in [2.75, 3.05) is 6.54 Å². The van der Waals surface area contributed by atoms with Gasteiger partial charge in [-0.05, 0) is 38.5 Å². The van der Waals surface area contributed by atoms with Crippen LogP contribution in [0.3, 0.4) is 0 Å². The van der Waals surface area contributed by atoms with Crippen molar-refractivity contribution in [1.82, 2.24) is 5.32 Å². The largest absolute Gasteiger partial charge is 0.481 e. The van der Waals surface area contributed by atoms with Crippen LogP contribution in [-0.4, -0.2) is 23.7 Å². The Bertz CT molecular complexity index is 435. The highest BCUT2D eigenvalue weighted by atomic mass is 79.9. The normalized spacial score (nSPS) is 13.7. The van der Waals surface area contributed by atoms with E-state index in [1.54, 1.807) is 26.0 Å². The zero-order chi connectivity index (χ0) is 14.4. The minimum Gasteiger partial charge on any atom is -0.481 e. The van der Waals surface area contributed by atoms with Crippen molar-refractivity contribution in [2.45, 2.75) is 39.4 Å². The van der Waals surface area contributed by atoms with Gasteiger partial charge in [-0.3, -0.25) is 4.79 Å². The van der Waals surface area contributed by atoms with E-state index in [9.17, 15) is 9.90 Å². The SMILES string of the molecule is CCCNC(=O)C(C)Oc1ccc(Br)cc1[C@@H](C)O. The minimum atomic E-state index is -0.654. The summed E-state index contributed by atoms with van der Waals surface area (Å²) in [5, 5.41) is 12.5. The molecule has 1 amide bonds. The predicted molar refractivity (Wildman–Crippen MR) is 78.2 cm³/mol. The number of benzene rings is 1. The monoisotopic (exact) mass is 329 g/mol. The smallest absolute Gasteiger partial charge is 0.260 e. The Hall–Kier alpha value is -1.07. The third-order valence-corrected chi connectivity index (χ3v) is 3.14. The molecule has 1 aromatic rings. The fourth-order valence-corrected chi connectivity index (χ4v) is 1.97. The molecule has 106 valence electrons. The van der Waals surface area contributed by atoms with Crippen molar-refractivity contribution >= 4 is 21.8 Å². The fraction of sp³-hybridized carbons (Fsp3) is 0.500. The highest BCUT2D eigenvalue weighted by Gasteiger charge is 2.17. The molecule has 1 aromatic carbocycles. The number of amides is 1. The van der Waals surface area contributed by atoms with Crippen LogP contribution in [0.4, 0.5) is 0 Å². The first-order valence-electron chi connectivity index (χ1n) is 6.37. The lowest BCUT2D eigenvalue weighted by Crippen LogP contribution is -2.36. The molecule has 0 aliphatic heterocycles. The van der Waals surface area contributed by atoms with Crippen molar-refractivity contribution in [3.63, 3.8) is 0 Å². The molecule has 2 N–H and O–H groups in total. The Morgan fingerprint density at radius 2 is 2.16 bits per heavy atom. The fourth-order valence-electron chi connectivity index (χ4n) is 1.59. The van der Waals surface area contributed by atoms with Crippen LogP contribution in [0.25, 0.3) is 0 Å². The molecule has 0 fully saturated rings. The molecule has 0 aromatic heterocycles. The van der Waals surface area contributed by atoms with E-state index in [2.05, 4.69) is 21.2 Å². The van der Waals surface area contributed by atoms with Gasteiger partial charge in [0.15, 0.2) is 6.10 Å². The lowest BCUT2D eigenvalue weighted by Gasteiger charge is -2.18. The van der Waals surface area contributed by atoms with Crippen LogP contribution in [0, 0.1) is 0 Å². The minimum absolute atomic E-state index is 0.152. The van der Waals surface area contributed by atoms with Crippen molar-refractivity contribution < 1.29 is 14.6 Å². The van der Waals surface area contributed by atoms with Gasteiger partial charge in [0.2, 0.25) is 0 Å². The molecule has 0 saturated carbocycles. The molecule has 4 nitrogen and oxygen atoms in total. The first kappa shape index (κ1) is 16.0. The molecule has 0 spiro atoms. The Labute approximate surface area is 122 Å². The van der Waals surface area contributed by atoms with Gasteiger partial charge >= 0.3 is 0 Å². The molecule has 0 bridgehead atoms. The summed E-state index contributed by atoms with van der Waals surface area (Å²) in [6.45, 7) is 5.98. The first-order valence-corrected chi connectivity index (χ1v) is 7.16. The number of hydrogen-bond donors (Lipinski definition) is 2. The van der Waals surface area contributed by atoms with E-state index < -0.39 is 12.2 Å². The van der Waals surface area contributed by atoms with E-state index in [1.165, 1.54) is 0 Å². The number of ether oxygens (including phenoxy) is 1. The number of aliphatic hydroxyl groups excluding tert-OH is 1.